The summed E-state index contributed by atoms with van der Waals surface area (Å²) in [7, 11) is 1.92. The van der Waals surface area contributed by atoms with Crippen LogP contribution in [0.2, 0.25) is 0 Å². The van der Waals surface area contributed by atoms with Crippen molar-refractivity contribution in [1.82, 2.24) is 0 Å². The van der Waals surface area contributed by atoms with E-state index >= 15 is 0 Å². The normalized spacial score (nSPS) is 11.6. The molecule has 0 N–H and O–H groups in total. The Kier molecular flexibility index (Phi) is 2.80. The average molecular weight is 159 g/mol. The molecule has 0 atom stereocenters. The second-order valence-corrected chi connectivity index (χ2v) is 3.84. The van der Waals surface area contributed by atoms with Gasteiger partial charge in [-0.2, -0.15) is 0 Å². The Balaban J connectivity index is 2.71. The molecule has 1 rings (SSSR count). The molecule has 1 nitrogen and oxygen atoms in total. The zero-order valence-electron chi connectivity index (χ0n) is 7.91. The van der Waals surface area contributed by atoms with Crippen LogP contribution in [0.25, 0.3) is 0 Å². The Morgan fingerprint density at radius 1 is 1.08 bits per heavy atom. The van der Waals surface area contributed by atoms with Gasteiger partial charge in [-0.3, -0.25) is 0 Å². The van der Waals surface area contributed by atoms with Crippen LogP contribution in [0.15, 0.2) is 35.2 Å². The summed E-state index contributed by atoms with van der Waals surface area (Å²) < 4.78 is 0. The molecule has 0 fully saturated rings. The van der Waals surface area contributed by atoms with Gasteiger partial charge in [0.05, 0.1) is 0 Å². The number of hydrogen-bond donors (Lipinski definition) is 0. The third-order valence-corrected chi connectivity index (χ3v) is 1.40. The van der Waals surface area contributed by atoms with Crippen molar-refractivity contribution in [2.45, 2.75) is 26.3 Å². The van der Waals surface area contributed by atoms with Gasteiger partial charge in [0.15, 0.2) is 0 Å². The van der Waals surface area contributed by atoms with E-state index < -0.39 is 0 Å². The van der Waals surface area contributed by atoms with Crippen molar-refractivity contribution in [3.8, 4) is 0 Å². The van der Waals surface area contributed by atoms with Crippen LogP contribution in [0.5, 0.6) is 0 Å². The Bertz CT molecular complexity index is 259. The monoisotopic (exact) mass is 159 g/mol. The summed E-state index contributed by atoms with van der Waals surface area (Å²) in [6.07, 6.45) is 0. The van der Waals surface area contributed by atoms with E-state index in [1.165, 1.54) is 0 Å². The summed E-state index contributed by atoms with van der Waals surface area (Å²) in [5.41, 5.74) is 1.18. The Labute approximate surface area is 74.8 Å². The second kappa shape index (κ2) is 3.66. The topological polar surface area (TPSA) is 12.4 Å². The van der Waals surface area contributed by atoms with Crippen molar-refractivity contribution >= 4 is 12.5 Å². The standard InChI is InChI=1S/C10H14BN/c1-10(2,3)12-11-9-7-5-4-6-8-9/h4-8H,1-3H3. The van der Waals surface area contributed by atoms with Gasteiger partial charge in [-0.05, 0) is 0 Å². The van der Waals surface area contributed by atoms with Gasteiger partial charge in [0.2, 0.25) is 0 Å². The number of benzene rings is 1. The van der Waals surface area contributed by atoms with Gasteiger partial charge in [-0.15, -0.1) is 0 Å². The van der Waals surface area contributed by atoms with E-state index in [1.54, 1.807) is 0 Å². The molecule has 0 radical (unpaired) electrons. The quantitative estimate of drug-likeness (QED) is 0.555. The van der Waals surface area contributed by atoms with E-state index in [0.29, 0.717) is 0 Å². The molecule has 0 aliphatic rings. The number of nitrogens with zero attached hydrogens (tertiary/aromatic N) is 1. The molecular weight excluding hydrogens is 145 g/mol. The molecular formula is C10H14BN. The molecule has 0 amide bonds. The van der Waals surface area contributed by atoms with Crippen molar-refractivity contribution in [2.75, 3.05) is 0 Å². The summed E-state index contributed by atoms with van der Waals surface area (Å²) in [5, 5.41) is 0. The summed E-state index contributed by atoms with van der Waals surface area (Å²) in [5.74, 6) is 0. The van der Waals surface area contributed by atoms with E-state index in [9.17, 15) is 0 Å². The van der Waals surface area contributed by atoms with Crippen molar-refractivity contribution < 1.29 is 0 Å². The molecule has 0 aliphatic carbocycles. The maximum absolute atomic E-state index is 4.40. The third kappa shape index (κ3) is 3.47. The average Bonchev–Trinajstić information content (AvgIpc) is 2.02. The first-order chi connectivity index (χ1) is 5.58. The molecule has 0 unspecified atom stereocenters. The molecule has 0 bridgehead atoms. The van der Waals surface area contributed by atoms with Gasteiger partial charge >= 0.3 is 74.1 Å². The molecule has 0 aromatic heterocycles. The van der Waals surface area contributed by atoms with Crippen molar-refractivity contribution in [3.05, 3.63) is 30.3 Å². The number of hydrogen-bond acceptors (Lipinski definition) is 1. The molecule has 0 saturated carbocycles. The van der Waals surface area contributed by atoms with Gasteiger partial charge < -0.3 is 0 Å². The fraction of sp³-hybridized carbons (Fsp3) is 0.400. The zero-order valence-corrected chi connectivity index (χ0v) is 7.91. The second-order valence-electron chi connectivity index (χ2n) is 3.84. The van der Waals surface area contributed by atoms with E-state index in [-0.39, 0.29) is 5.54 Å². The molecule has 62 valence electrons. The predicted octanol–water partition coefficient (Wildman–Crippen LogP) is 2.00. The van der Waals surface area contributed by atoms with E-state index in [0.717, 1.165) is 5.46 Å². The molecule has 0 aliphatic heterocycles. The van der Waals surface area contributed by atoms with E-state index in [2.05, 4.69) is 37.8 Å². The first-order valence-corrected chi connectivity index (χ1v) is 4.18. The Morgan fingerprint density at radius 3 is 2.17 bits per heavy atom. The summed E-state index contributed by atoms with van der Waals surface area (Å²) in [6, 6.07) is 10.1. The summed E-state index contributed by atoms with van der Waals surface area (Å²) in [6.45, 7) is 6.27. The zero-order chi connectivity index (χ0) is 9.03. The predicted molar refractivity (Wildman–Crippen MR) is 54.0 cm³/mol. The van der Waals surface area contributed by atoms with Crippen LogP contribution in [0.1, 0.15) is 20.8 Å². The summed E-state index contributed by atoms with van der Waals surface area (Å²) in [4.78, 5) is 4.40. The van der Waals surface area contributed by atoms with Crippen LogP contribution in [0.3, 0.4) is 0 Å². The first kappa shape index (κ1) is 9.18. The van der Waals surface area contributed by atoms with E-state index in [1.807, 2.05) is 25.3 Å². The van der Waals surface area contributed by atoms with Crippen molar-refractivity contribution in [1.29, 1.82) is 0 Å². The van der Waals surface area contributed by atoms with Crippen LogP contribution in [-0.2, 0) is 0 Å². The summed E-state index contributed by atoms with van der Waals surface area (Å²) >= 11 is 0. The third-order valence-electron chi connectivity index (χ3n) is 1.40. The van der Waals surface area contributed by atoms with Crippen molar-refractivity contribution in [2.24, 2.45) is 4.90 Å². The van der Waals surface area contributed by atoms with Gasteiger partial charge in [0, 0.05) is 0 Å². The maximum atomic E-state index is 4.40. The molecule has 0 spiro atoms. The van der Waals surface area contributed by atoms with Gasteiger partial charge in [-0.1, -0.05) is 0 Å². The minimum atomic E-state index is 0.0237. The van der Waals surface area contributed by atoms with Crippen LogP contribution < -0.4 is 5.46 Å². The van der Waals surface area contributed by atoms with Gasteiger partial charge in [0.25, 0.3) is 0 Å². The fourth-order valence-corrected chi connectivity index (χ4v) is 0.807. The van der Waals surface area contributed by atoms with E-state index in [4.69, 9.17) is 0 Å². The van der Waals surface area contributed by atoms with Crippen molar-refractivity contribution in [3.63, 3.8) is 0 Å². The molecule has 2 heteroatoms. The van der Waals surface area contributed by atoms with Gasteiger partial charge in [-0.25, -0.2) is 0 Å². The fourth-order valence-electron chi connectivity index (χ4n) is 0.807. The van der Waals surface area contributed by atoms with Crippen LogP contribution >= 0.6 is 0 Å². The van der Waals surface area contributed by atoms with Crippen LogP contribution in [0, 0.1) is 0 Å². The number of rotatable bonds is 1. The Hall–Kier alpha value is -0.915. The Morgan fingerprint density at radius 2 is 1.67 bits per heavy atom. The van der Waals surface area contributed by atoms with Crippen LogP contribution in [0.4, 0.5) is 0 Å². The SMILES string of the molecule is CC(C)(C)N=Bc1ccccc1. The minimum absolute atomic E-state index is 0.0237. The molecule has 0 heterocycles. The first-order valence-electron chi connectivity index (χ1n) is 4.18. The molecule has 1 aromatic carbocycles. The van der Waals surface area contributed by atoms with Gasteiger partial charge in [0.1, 0.15) is 0 Å². The molecule has 0 saturated heterocycles. The molecule has 12 heavy (non-hydrogen) atoms. The molecule has 1 aromatic rings. The van der Waals surface area contributed by atoms with Crippen LogP contribution in [-0.4, -0.2) is 12.6 Å².